The largest absolute Gasteiger partial charge is 0.508 e. The van der Waals surface area contributed by atoms with Crippen LogP contribution in [0.4, 0.5) is 19.0 Å². The number of likely N-dealkylation sites (N-methyl/N-ethyl adjacent to an activating group) is 1. The summed E-state index contributed by atoms with van der Waals surface area (Å²) in [5.41, 5.74) is -0.138. The van der Waals surface area contributed by atoms with Gasteiger partial charge in [-0.3, -0.25) is 4.90 Å². The number of alkyl halides is 1. The molecule has 7 rings (SSSR count). The van der Waals surface area contributed by atoms with Gasteiger partial charge in [0.25, 0.3) is 0 Å². The minimum Gasteiger partial charge on any atom is -0.508 e. The van der Waals surface area contributed by atoms with E-state index in [9.17, 15) is 13.9 Å². The number of hydrogen-bond donors (Lipinski definition) is 2. The quantitative estimate of drug-likeness (QED) is 0.227. The number of hydrogen-bond acceptors (Lipinski definition) is 7. The number of anilines is 1. The lowest BCUT2D eigenvalue weighted by Gasteiger charge is -2.47. The van der Waals surface area contributed by atoms with Crippen LogP contribution >= 0.6 is 0 Å². The van der Waals surface area contributed by atoms with Crippen LogP contribution in [0.5, 0.6) is 11.8 Å². The van der Waals surface area contributed by atoms with Crippen molar-refractivity contribution in [3.05, 3.63) is 53.6 Å². The first-order chi connectivity index (χ1) is 21.6. The predicted octanol–water partition coefficient (Wildman–Crippen LogP) is 6.27. The molecule has 0 bridgehead atoms. The molecule has 0 radical (unpaired) electrons. The molecule has 234 valence electrons. The zero-order valence-corrected chi connectivity index (χ0v) is 25.5. The highest BCUT2D eigenvalue weighted by Gasteiger charge is 2.49. The number of halogens is 3. The number of rotatable bonds is 8. The van der Waals surface area contributed by atoms with Gasteiger partial charge in [-0.1, -0.05) is 18.1 Å². The number of benzene rings is 3. The highest BCUT2D eigenvalue weighted by Crippen LogP contribution is 2.42. The van der Waals surface area contributed by atoms with Crippen molar-refractivity contribution >= 4 is 27.5 Å². The Bertz CT molecular complexity index is 1850. The number of terminal acetylenes is 1. The van der Waals surface area contributed by atoms with Gasteiger partial charge in [0.2, 0.25) is 0 Å². The van der Waals surface area contributed by atoms with Gasteiger partial charge in [-0.05, 0) is 88.0 Å². The summed E-state index contributed by atoms with van der Waals surface area (Å²) in [7, 11) is 4.11. The maximum Gasteiger partial charge on any atom is 0.319 e. The van der Waals surface area contributed by atoms with E-state index in [0.29, 0.717) is 41.5 Å². The molecule has 3 aliphatic rings. The molecule has 0 spiro atoms. The van der Waals surface area contributed by atoms with E-state index in [0.717, 1.165) is 38.6 Å². The summed E-state index contributed by atoms with van der Waals surface area (Å²) in [5.74, 6) is 1.41. The SMILES string of the molecule is C#Cc1c(F)ccc2cc(O)cc(-c3ccc4c(NCC5(N(C)C)CCC5)nc(OC[C@@]56CCCN5C[C@H](F)C6)nc4c3F)c12. The first kappa shape index (κ1) is 29.6. The van der Waals surface area contributed by atoms with Gasteiger partial charge in [-0.15, -0.1) is 6.42 Å². The standard InChI is InChI=1S/C35H36F3N5O2/c1-4-24-28(37)10-7-21-15-23(44)16-27(29(21)24)25-8-9-26-31(30(25)38)40-33(41-32(26)39-19-34(42(2)3)11-5-12-34)45-20-35-13-6-14-43(35)18-22(36)17-35/h1,7-10,15-16,22,44H,5-6,11-14,17-20H2,2-3H3,(H,39,40,41)/t22-,35+/m1/s1. The Labute approximate surface area is 260 Å². The molecule has 2 aliphatic heterocycles. The Morgan fingerprint density at radius 3 is 2.67 bits per heavy atom. The van der Waals surface area contributed by atoms with Crippen LogP contribution < -0.4 is 10.1 Å². The first-order valence-corrected chi connectivity index (χ1v) is 15.5. The number of aromatic nitrogens is 2. The molecule has 4 aromatic rings. The van der Waals surface area contributed by atoms with Gasteiger partial charge < -0.3 is 20.1 Å². The fraction of sp³-hybridized carbons (Fsp3) is 0.429. The van der Waals surface area contributed by atoms with E-state index in [1.54, 1.807) is 12.1 Å². The van der Waals surface area contributed by atoms with Crippen LogP contribution in [-0.4, -0.2) is 82.5 Å². The normalized spacial score (nSPS) is 22.5. The fourth-order valence-corrected chi connectivity index (χ4v) is 7.59. The molecule has 0 amide bonds. The molecule has 3 heterocycles. The van der Waals surface area contributed by atoms with E-state index in [4.69, 9.17) is 16.1 Å². The summed E-state index contributed by atoms with van der Waals surface area (Å²) < 4.78 is 52.2. The molecular formula is C35H36F3N5O2. The molecular weight excluding hydrogens is 579 g/mol. The summed E-state index contributed by atoms with van der Waals surface area (Å²) in [5, 5.41) is 15.2. The van der Waals surface area contributed by atoms with E-state index in [1.165, 1.54) is 24.3 Å². The molecule has 3 fully saturated rings. The third kappa shape index (κ3) is 4.93. The van der Waals surface area contributed by atoms with Crippen LogP contribution in [-0.2, 0) is 0 Å². The second kappa shape index (κ2) is 11.1. The summed E-state index contributed by atoms with van der Waals surface area (Å²) in [6.07, 6.45) is 10.1. The minimum atomic E-state index is -0.914. The van der Waals surface area contributed by atoms with Crippen LogP contribution in [0.25, 0.3) is 32.8 Å². The van der Waals surface area contributed by atoms with Crippen molar-refractivity contribution in [2.75, 3.05) is 45.7 Å². The van der Waals surface area contributed by atoms with Crippen LogP contribution in [0, 0.1) is 24.0 Å². The van der Waals surface area contributed by atoms with Crippen molar-refractivity contribution in [3.8, 4) is 35.2 Å². The third-order valence-electron chi connectivity index (χ3n) is 10.3. The molecule has 2 N–H and O–H groups in total. The lowest BCUT2D eigenvalue weighted by Crippen LogP contribution is -2.54. The molecule has 1 aromatic heterocycles. The second-order valence-corrected chi connectivity index (χ2v) is 13.0. The number of nitrogens with one attached hydrogen (secondary N) is 1. The predicted molar refractivity (Wildman–Crippen MR) is 169 cm³/mol. The highest BCUT2D eigenvalue weighted by atomic mass is 19.1. The van der Waals surface area contributed by atoms with Crippen molar-refractivity contribution in [3.63, 3.8) is 0 Å². The Kier molecular flexibility index (Phi) is 7.29. The van der Waals surface area contributed by atoms with Gasteiger partial charge in [0, 0.05) is 41.4 Å². The van der Waals surface area contributed by atoms with Crippen LogP contribution in [0.1, 0.15) is 44.1 Å². The third-order valence-corrected chi connectivity index (χ3v) is 10.3. The smallest absolute Gasteiger partial charge is 0.319 e. The lowest BCUT2D eigenvalue weighted by atomic mass is 9.75. The molecule has 1 aliphatic carbocycles. The van der Waals surface area contributed by atoms with E-state index < -0.39 is 23.3 Å². The average Bonchev–Trinajstić information content (AvgIpc) is 3.51. The highest BCUT2D eigenvalue weighted by molar-refractivity contribution is 6.04. The fourth-order valence-electron chi connectivity index (χ4n) is 7.59. The Morgan fingerprint density at radius 1 is 1.11 bits per heavy atom. The number of fused-ring (bicyclic) bond motifs is 3. The summed E-state index contributed by atoms with van der Waals surface area (Å²) in [6, 6.07) is 8.86. The molecule has 2 atom stereocenters. The number of phenolic OH excluding ortho intramolecular Hbond substituents is 1. The average molecular weight is 616 g/mol. The maximum atomic E-state index is 16.7. The van der Waals surface area contributed by atoms with Gasteiger partial charge in [-0.25, -0.2) is 13.2 Å². The molecule has 45 heavy (non-hydrogen) atoms. The first-order valence-electron chi connectivity index (χ1n) is 15.5. The van der Waals surface area contributed by atoms with Crippen molar-refractivity contribution in [1.29, 1.82) is 0 Å². The zero-order valence-electron chi connectivity index (χ0n) is 25.5. The van der Waals surface area contributed by atoms with E-state index in [-0.39, 0.29) is 46.1 Å². The maximum absolute atomic E-state index is 16.7. The topological polar surface area (TPSA) is 73.8 Å². The van der Waals surface area contributed by atoms with E-state index >= 15 is 4.39 Å². The summed E-state index contributed by atoms with van der Waals surface area (Å²) in [6.45, 7) is 2.00. The van der Waals surface area contributed by atoms with E-state index in [1.807, 2.05) is 0 Å². The Hall–Kier alpha value is -4.07. The molecule has 2 saturated heterocycles. The number of aromatic hydroxyl groups is 1. The summed E-state index contributed by atoms with van der Waals surface area (Å²) in [4.78, 5) is 13.6. The molecule has 1 saturated carbocycles. The minimum absolute atomic E-state index is 0.00628. The molecule has 10 heteroatoms. The van der Waals surface area contributed by atoms with Gasteiger partial charge in [0.05, 0.1) is 11.1 Å². The van der Waals surface area contributed by atoms with Crippen molar-refractivity contribution in [1.82, 2.24) is 19.8 Å². The molecule has 3 aromatic carbocycles. The molecule has 0 unspecified atom stereocenters. The zero-order chi connectivity index (χ0) is 31.5. The van der Waals surface area contributed by atoms with Gasteiger partial charge in [0.1, 0.15) is 35.7 Å². The number of ether oxygens (including phenoxy) is 1. The van der Waals surface area contributed by atoms with Crippen molar-refractivity contribution in [2.45, 2.75) is 55.8 Å². The summed E-state index contributed by atoms with van der Waals surface area (Å²) >= 11 is 0. The number of nitrogens with zero attached hydrogens (tertiary/aromatic N) is 4. The van der Waals surface area contributed by atoms with Crippen molar-refractivity contribution in [2.24, 2.45) is 0 Å². The van der Waals surface area contributed by atoms with Crippen LogP contribution in [0.3, 0.4) is 0 Å². The van der Waals surface area contributed by atoms with Crippen LogP contribution in [0.2, 0.25) is 0 Å². The van der Waals surface area contributed by atoms with Gasteiger partial charge >= 0.3 is 6.01 Å². The van der Waals surface area contributed by atoms with E-state index in [2.05, 4.69) is 40.1 Å². The van der Waals surface area contributed by atoms with Crippen molar-refractivity contribution < 1.29 is 23.0 Å². The van der Waals surface area contributed by atoms with Gasteiger partial charge in [0.15, 0.2) is 5.82 Å². The Morgan fingerprint density at radius 2 is 1.93 bits per heavy atom. The molecule has 7 nitrogen and oxygen atoms in total. The monoisotopic (exact) mass is 615 g/mol. The van der Waals surface area contributed by atoms with Gasteiger partial charge in [-0.2, -0.15) is 9.97 Å². The number of phenols is 1. The second-order valence-electron chi connectivity index (χ2n) is 13.0. The lowest BCUT2D eigenvalue weighted by molar-refractivity contribution is 0.0738. The van der Waals surface area contributed by atoms with Crippen LogP contribution in [0.15, 0.2) is 36.4 Å². The Balaban J connectivity index is 1.34.